The molecule has 0 saturated carbocycles. The molecule has 0 atom stereocenters. The van der Waals surface area contributed by atoms with Crippen LogP contribution in [-0.2, 0) is 13.1 Å². The summed E-state index contributed by atoms with van der Waals surface area (Å²) in [7, 11) is 2.00. The fourth-order valence-corrected chi connectivity index (χ4v) is 3.91. The highest BCUT2D eigenvalue weighted by molar-refractivity contribution is 6.10. The number of rotatable bonds is 6. The lowest BCUT2D eigenvalue weighted by Crippen LogP contribution is -2.28. The molecular weight excluding hydrogens is 420 g/mol. The van der Waals surface area contributed by atoms with Crippen LogP contribution in [0.2, 0.25) is 0 Å². The van der Waals surface area contributed by atoms with Crippen molar-refractivity contribution >= 4 is 11.7 Å². The first-order chi connectivity index (χ1) is 16.4. The Kier molecular flexibility index (Phi) is 6.99. The van der Waals surface area contributed by atoms with Crippen molar-refractivity contribution in [1.82, 2.24) is 14.7 Å². The predicted octanol–water partition coefficient (Wildman–Crippen LogP) is 4.85. The van der Waals surface area contributed by atoms with Gasteiger partial charge in [-0.3, -0.25) is 5.41 Å². The quantitative estimate of drug-likeness (QED) is 0.325. The maximum absolute atomic E-state index is 8.60. The van der Waals surface area contributed by atoms with Gasteiger partial charge in [-0.1, -0.05) is 54.6 Å². The van der Waals surface area contributed by atoms with Crippen LogP contribution in [0.1, 0.15) is 33.6 Å². The number of amidine groups is 2. The molecule has 0 radical (unpaired) electrons. The average Bonchev–Trinajstić information content (AvgIpc) is 3.21. The first-order valence-electron chi connectivity index (χ1n) is 11.3. The van der Waals surface area contributed by atoms with Crippen molar-refractivity contribution < 1.29 is 0 Å². The number of nitrogens with two attached hydrogens (primary N) is 1. The summed E-state index contributed by atoms with van der Waals surface area (Å²) in [4.78, 5) is 6.83. The number of hydrogen-bond donors (Lipinski definition) is 2. The molecule has 0 unspecified atom stereocenters. The SMILES string of the molecule is Cc1cc(C)n(-c2ccc(/C(=N/C(=N)c3ccccc3)N(C)Cc3ccc(CN)cc3)cc2)n1. The van der Waals surface area contributed by atoms with Crippen molar-refractivity contribution in [2.45, 2.75) is 26.9 Å². The molecule has 4 aromatic rings. The van der Waals surface area contributed by atoms with Crippen molar-refractivity contribution in [3.63, 3.8) is 0 Å². The van der Waals surface area contributed by atoms with Crippen LogP contribution in [0.25, 0.3) is 5.69 Å². The molecule has 0 saturated heterocycles. The number of benzene rings is 3. The second kappa shape index (κ2) is 10.3. The lowest BCUT2D eigenvalue weighted by atomic mass is 10.1. The van der Waals surface area contributed by atoms with Crippen LogP contribution in [0.3, 0.4) is 0 Å². The molecule has 0 amide bonds. The maximum atomic E-state index is 8.60. The maximum Gasteiger partial charge on any atom is 0.154 e. The summed E-state index contributed by atoms with van der Waals surface area (Å²) in [6, 6.07) is 28.1. The highest BCUT2D eigenvalue weighted by atomic mass is 15.3. The zero-order valence-corrected chi connectivity index (χ0v) is 19.9. The van der Waals surface area contributed by atoms with Crippen LogP contribution in [-0.4, -0.2) is 33.4 Å². The van der Waals surface area contributed by atoms with E-state index in [0.29, 0.717) is 13.1 Å². The lowest BCUT2D eigenvalue weighted by molar-refractivity contribution is 0.502. The summed E-state index contributed by atoms with van der Waals surface area (Å²) in [6.45, 7) is 5.22. The number of aryl methyl sites for hydroxylation is 2. The van der Waals surface area contributed by atoms with Gasteiger partial charge in [0.15, 0.2) is 5.84 Å². The molecule has 0 fully saturated rings. The summed E-state index contributed by atoms with van der Waals surface area (Å²) in [5.41, 5.74) is 12.8. The Balaban J connectivity index is 1.67. The topological polar surface area (TPSA) is 83.3 Å². The molecule has 3 N–H and O–H groups in total. The van der Waals surface area contributed by atoms with E-state index in [9.17, 15) is 0 Å². The van der Waals surface area contributed by atoms with E-state index in [0.717, 1.165) is 45.2 Å². The summed E-state index contributed by atoms with van der Waals surface area (Å²) in [5, 5.41) is 13.2. The molecule has 6 nitrogen and oxygen atoms in total. The Morgan fingerprint density at radius 2 is 1.56 bits per heavy atom. The fraction of sp³-hybridized carbons (Fsp3) is 0.179. The van der Waals surface area contributed by atoms with E-state index < -0.39 is 0 Å². The molecule has 0 aliphatic carbocycles. The van der Waals surface area contributed by atoms with Crippen molar-refractivity contribution in [2.24, 2.45) is 10.7 Å². The summed E-state index contributed by atoms with van der Waals surface area (Å²) >= 11 is 0. The molecule has 0 spiro atoms. The predicted molar refractivity (Wildman–Crippen MR) is 139 cm³/mol. The number of nitrogens with zero attached hydrogens (tertiary/aromatic N) is 4. The Morgan fingerprint density at radius 3 is 2.15 bits per heavy atom. The van der Waals surface area contributed by atoms with Crippen LogP contribution < -0.4 is 5.73 Å². The number of aliphatic imine (C=N–C) groups is 1. The Labute approximate surface area is 200 Å². The van der Waals surface area contributed by atoms with Crippen molar-refractivity contribution in [3.05, 3.63) is 119 Å². The van der Waals surface area contributed by atoms with Gasteiger partial charge in [-0.15, -0.1) is 0 Å². The van der Waals surface area contributed by atoms with E-state index in [2.05, 4.69) is 40.3 Å². The molecule has 34 heavy (non-hydrogen) atoms. The third kappa shape index (κ3) is 5.30. The van der Waals surface area contributed by atoms with E-state index in [1.807, 2.05) is 80.2 Å². The molecule has 172 valence electrons. The minimum atomic E-state index is 0.226. The first kappa shape index (κ1) is 23.1. The number of aromatic nitrogens is 2. The third-order valence-electron chi connectivity index (χ3n) is 5.68. The average molecular weight is 451 g/mol. The summed E-state index contributed by atoms with van der Waals surface area (Å²) in [6.07, 6.45) is 0. The van der Waals surface area contributed by atoms with E-state index in [1.54, 1.807) is 0 Å². The molecule has 1 aromatic heterocycles. The molecule has 3 aromatic carbocycles. The highest BCUT2D eigenvalue weighted by Gasteiger charge is 2.14. The molecule has 4 rings (SSSR count). The van der Waals surface area contributed by atoms with Gasteiger partial charge in [-0.2, -0.15) is 5.10 Å². The fourth-order valence-electron chi connectivity index (χ4n) is 3.91. The number of nitrogens with one attached hydrogen (secondary N) is 1. The summed E-state index contributed by atoms with van der Waals surface area (Å²) < 4.78 is 1.94. The molecule has 1 heterocycles. The second-order valence-electron chi connectivity index (χ2n) is 8.41. The van der Waals surface area contributed by atoms with Crippen LogP contribution in [0.5, 0.6) is 0 Å². The van der Waals surface area contributed by atoms with Crippen LogP contribution in [0, 0.1) is 19.3 Å². The minimum absolute atomic E-state index is 0.226. The second-order valence-corrected chi connectivity index (χ2v) is 8.41. The van der Waals surface area contributed by atoms with Crippen LogP contribution >= 0.6 is 0 Å². The van der Waals surface area contributed by atoms with Gasteiger partial charge in [-0.05, 0) is 55.3 Å². The third-order valence-corrected chi connectivity index (χ3v) is 5.68. The van der Waals surface area contributed by atoms with Gasteiger partial charge in [0.1, 0.15) is 5.84 Å². The Bertz CT molecular complexity index is 1290. The zero-order valence-electron chi connectivity index (χ0n) is 19.9. The van der Waals surface area contributed by atoms with E-state index >= 15 is 0 Å². The Morgan fingerprint density at radius 1 is 0.912 bits per heavy atom. The number of hydrogen-bond acceptors (Lipinski definition) is 3. The highest BCUT2D eigenvalue weighted by Crippen LogP contribution is 2.17. The van der Waals surface area contributed by atoms with E-state index in [4.69, 9.17) is 16.1 Å². The van der Waals surface area contributed by atoms with Crippen LogP contribution in [0.4, 0.5) is 0 Å². The molecule has 6 heteroatoms. The monoisotopic (exact) mass is 450 g/mol. The van der Waals surface area contributed by atoms with Crippen LogP contribution in [0.15, 0.2) is 89.9 Å². The van der Waals surface area contributed by atoms with E-state index in [1.165, 1.54) is 0 Å². The van der Waals surface area contributed by atoms with Crippen molar-refractivity contribution in [3.8, 4) is 5.69 Å². The smallest absolute Gasteiger partial charge is 0.154 e. The zero-order chi connectivity index (χ0) is 24.1. The van der Waals surface area contributed by atoms with Gasteiger partial charge in [-0.25, -0.2) is 9.67 Å². The van der Waals surface area contributed by atoms with Gasteiger partial charge in [0.25, 0.3) is 0 Å². The molecule has 0 aliphatic heterocycles. The lowest BCUT2D eigenvalue weighted by Gasteiger charge is -2.22. The molecular formula is C28H30N6. The van der Waals surface area contributed by atoms with Crippen molar-refractivity contribution in [2.75, 3.05) is 7.05 Å². The van der Waals surface area contributed by atoms with E-state index in [-0.39, 0.29) is 5.84 Å². The van der Waals surface area contributed by atoms with Gasteiger partial charge in [0.2, 0.25) is 0 Å². The normalized spacial score (nSPS) is 11.5. The Hall–Kier alpha value is -4.03. The van der Waals surface area contributed by atoms with Gasteiger partial charge < -0.3 is 10.6 Å². The largest absolute Gasteiger partial charge is 0.355 e. The van der Waals surface area contributed by atoms with Gasteiger partial charge >= 0.3 is 0 Å². The summed E-state index contributed by atoms with van der Waals surface area (Å²) in [5.74, 6) is 0.959. The molecule has 0 aliphatic rings. The van der Waals surface area contributed by atoms with Gasteiger partial charge in [0, 0.05) is 37.0 Å². The minimum Gasteiger partial charge on any atom is -0.355 e. The molecule has 0 bridgehead atoms. The van der Waals surface area contributed by atoms with Crippen molar-refractivity contribution in [1.29, 1.82) is 5.41 Å². The standard InChI is InChI=1S/C28H30N6/c1-20-17-21(2)34(32-20)26-15-13-25(14-16-26)28(31-27(30)24-7-5-4-6-8-24)33(3)19-23-11-9-22(18-29)10-12-23/h4-17,30H,18-19,29H2,1-3H3/b30-27?,31-28-. The first-order valence-corrected chi connectivity index (χ1v) is 11.3. The van der Waals surface area contributed by atoms with Gasteiger partial charge in [0.05, 0.1) is 11.4 Å².